The second kappa shape index (κ2) is 3.13. The molecule has 1 aliphatic rings. The molecular weight excluding hydrogens is 119 g/mol. The first-order chi connectivity index (χ1) is 4.34. The van der Waals surface area contributed by atoms with E-state index in [1.165, 1.54) is 0 Å². The van der Waals surface area contributed by atoms with Crippen molar-refractivity contribution in [2.75, 3.05) is 33.4 Å². The fraction of sp³-hybridized carbons (Fsp3) is 1.00. The molecule has 0 aromatic rings. The Morgan fingerprint density at radius 1 is 1.78 bits per heavy atom. The zero-order valence-electron chi connectivity index (χ0n) is 5.73. The Hall–Kier alpha value is -0.150. The number of rotatable bonds is 1. The first kappa shape index (κ1) is 6.96. The maximum Gasteiger partial charge on any atom is 0.106 e. The van der Waals surface area contributed by atoms with E-state index in [9.17, 15) is 4.39 Å². The zero-order chi connectivity index (χ0) is 6.69. The molecule has 1 fully saturated rings. The number of likely N-dealkylation sites (N-methyl/N-ethyl adjacent to an activating group) is 1. The van der Waals surface area contributed by atoms with Crippen LogP contribution in [0.1, 0.15) is 0 Å². The topological polar surface area (TPSA) is 15.3 Å². The predicted octanol–water partition coefficient (Wildman–Crippen LogP) is -0.141. The number of nitrogens with one attached hydrogen (secondary N) is 1. The van der Waals surface area contributed by atoms with Gasteiger partial charge in [-0.05, 0) is 7.05 Å². The second-order valence-corrected chi connectivity index (χ2v) is 2.49. The van der Waals surface area contributed by atoms with Crippen molar-refractivity contribution in [3.8, 4) is 0 Å². The Labute approximate surface area is 55.0 Å². The van der Waals surface area contributed by atoms with E-state index in [4.69, 9.17) is 0 Å². The fourth-order valence-corrected chi connectivity index (χ4v) is 1.03. The lowest BCUT2D eigenvalue weighted by Gasteiger charge is -2.30. The van der Waals surface area contributed by atoms with Crippen LogP contribution in [-0.2, 0) is 0 Å². The smallest absolute Gasteiger partial charge is 0.106 e. The van der Waals surface area contributed by atoms with Crippen LogP contribution in [-0.4, -0.2) is 44.3 Å². The summed E-state index contributed by atoms with van der Waals surface area (Å²) in [5.74, 6) is 0. The first-order valence-corrected chi connectivity index (χ1v) is 3.31. The van der Waals surface area contributed by atoms with Crippen LogP contribution < -0.4 is 5.32 Å². The van der Waals surface area contributed by atoms with Crippen LogP contribution in [0.25, 0.3) is 0 Å². The molecule has 9 heavy (non-hydrogen) atoms. The third-order valence-corrected chi connectivity index (χ3v) is 1.82. The Balaban J connectivity index is 2.30. The molecule has 0 aromatic carbocycles. The number of nitrogens with zero attached hydrogens (tertiary/aromatic N) is 1. The molecular formula is C6H13FN2. The van der Waals surface area contributed by atoms with Crippen LogP contribution in [0.4, 0.5) is 4.39 Å². The van der Waals surface area contributed by atoms with Gasteiger partial charge >= 0.3 is 0 Å². The van der Waals surface area contributed by atoms with Crippen molar-refractivity contribution < 1.29 is 4.39 Å². The van der Waals surface area contributed by atoms with Crippen LogP contribution in [0.3, 0.4) is 0 Å². The number of hydrogen-bond donors (Lipinski definition) is 1. The standard InChI is InChI=1S/C6H13FN2/c1-9-3-2-8-5-6(9)4-7/h6,8H,2-5H2,1H3/t6-/m1/s1. The number of hydrogen-bond acceptors (Lipinski definition) is 2. The van der Waals surface area contributed by atoms with Gasteiger partial charge in [0.1, 0.15) is 6.67 Å². The van der Waals surface area contributed by atoms with Gasteiger partial charge in [0.25, 0.3) is 0 Å². The largest absolute Gasteiger partial charge is 0.314 e. The van der Waals surface area contributed by atoms with E-state index in [0.29, 0.717) is 0 Å². The summed E-state index contributed by atoms with van der Waals surface area (Å²) < 4.78 is 12.0. The number of halogens is 1. The van der Waals surface area contributed by atoms with E-state index in [2.05, 4.69) is 10.2 Å². The minimum absolute atomic E-state index is 0.110. The molecule has 0 spiro atoms. The highest BCUT2D eigenvalue weighted by atomic mass is 19.1. The van der Waals surface area contributed by atoms with Crippen LogP contribution in [0.2, 0.25) is 0 Å². The summed E-state index contributed by atoms with van der Waals surface area (Å²) in [4.78, 5) is 2.05. The van der Waals surface area contributed by atoms with E-state index >= 15 is 0 Å². The van der Waals surface area contributed by atoms with Gasteiger partial charge in [-0.3, -0.25) is 4.90 Å². The quantitative estimate of drug-likeness (QED) is 0.534. The lowest BCUT2D eigenvalue weighted by molar-refractivity contribution is 0.168. The molecule has 1 N–H and O–H groups in total. The van der Waals surface area contributed by atoms with E-state index in [0.717, 1.165) is 19.6 Å². The molecule has 0 bridgehead atoms. The van der Waals surface area contributed by atoms with Gasteiger partial charge in [0, 0.05) is 19.6 Å². The van der Waals surface area contributed by atoms with Crippen molar-refractivity contribution in [2.45, 2.75) is 6.04 Å². The van der Waals surface area contributed by atoms with Gasteiger partial charge in [-0.15, -0.1) is 0 Å². The fourth-order valence-electron chi connectivity index (χ4n) is 1.03. The van der Waals surface area contributed by atoms with E-state index in [-0.39, 0.29) is 12.7 Å². The zero-order valence-corrected chi connectivity index (χ0v) is 5.73. The molecule has 0 amide bonds. The minimum atomic E-state index is -0.233. The number of piperazine rings is 1. The molecule has 1 aliphatic heterocycles. The van der Waals surface area contributed by atoms with Crippen molar-refractivity contribution in [1.29, 1.82) is 0 Å². The second-order valence-electron chi connectivity index (χ2n) is 2.49. The third-order valence-electron chi connectivity index (χ3n) is 1.82. The molecule has 1 atom stereocenters. The van der Waals surface area contributed by atoms with Crippen molar-refractivity contribution in [1.82, 2.24) is 10.2 Å². The molecule has 3 heteroatoms. The average molecular weight is 132 g/mol. The normalized spacial score (nSPS) is 30.7. The molecule has 54 valence electrons. The first-order valence-electron chi connectivity index (χ1n) is 3.31. The Bertz CT molecular complexity index is 87.1. The molecule has 0 aromatic heterocycles. The van der Waals surface area contributed by atoms with Crippen LogP contribution >= 0.6 is 0 Å². The average Bonchev–Trinajstić information content (AvgIpc) is 1.89. The van der Waals surface area contributed by atoms with Crippen LogP contribution in [0, 0.1) is 0 Å². The number of alkyl halides is 1. The lowest BCUT2D eigenvalue weighted by Crippen LogP contribution is -2.50. The lowest BCUT2D eigenvalue weighted by atomic mass is 10.2. The predicted molar refractivity (Wildman–Crippen MR) is 35.3 cm³/mol. The summed E-state index contributed by atoms with van der Waals surface area (Å²) in [6.07, 6.45) is 0. The van der Waals surface area contributed by atoms with Crippen molar-refractivity contribution in [2.24, 2.45) is 0 Å². The van der Waals surface area contributed by atoms with Gasteiger partial charge in [-0.2, -0.15) is 0 Å². The van der Waals surface area contributed by atoms with Crippen LogP contribution in [0.5, 0.6) is 0 Å². The highest BCUT2D eigenvalue weighted by molar-refractivity contribution is 4.75. The van der Waals surface area contributed by atoms with Gasteiger partial charge in [-0.1, -0.05) is 0 Å². The minimum Gasteiger partial charge on any atom is -0.314 e. The molecule has 2 nitrogen and oxygen atoms in total. The molecule has 1 heterocycles. The van der Waals surface area contributed by atoms with Gasteiger partial charge in [0.15, 0.2) is 0 Å². The van der Waals surface area contributed by atoms with Crippen molar-refractivity contribution >= 4 is 0 Å². The monoisotopic (exact) mass is 132 g/mol. The maximum atomic E-state index is 12.0. The summed E-state index contributed by atoms with van der Waals surface area (Å²) in [7, 11) is 1.96. The summed E-state index contributed by atoms with van der Waals surface area (Å²) in [5.41, 5.74) is 0. The van der Waals surface area contributed by atoms with Gasteiger partial charge < -0.3 is 5.32 Å². The Morgan fingerprint density at radius 3 is 3.00 bits per heavy atom. The van der Waals surface area contributed by atoms with E-state index in [1.807, 2.05) is 7.05 Å². The summed E-state index contributed by atoms with van der Waals surface area (Å²) in [6.45, 7) is 2.53. The van der Waals surface area contributed by atoms with Crippen LogP contribution in [0.15, 0.2) is 0 Å². The molecule has 1 rings (SSSR count). The third kappa shape index (κ3) is 1.63. The van der Waals surface area contributed by atoms with Crippen molar-refractivity contribution in [3.63, 3.8) is 0 Å². The summed E-state index contributed by atoms with van der Waals surface area (Å²) in [6, 6.07) is 0.110. The van der Waals surface area contributed by atoms with Gasteiger partial charge in [0.05, 0.1) is 6.04 Å². The summed E-state index contributed by atoms with van der Waals surface area (Å²) in [5, 5.41) is 3.13. The summed E-state index contributed by atoms with van der Waals surface area (Å²) >= 11 is 0. The highest BCUT2D eigenvalue weighted by Crippen LogP contribution is 1.98. The highest BCUT2D eigenvalue weighted by Gasteiger charge is 2.16. The van der Waals surface area contributed by atoms with Crippen molar-refractivity contribution in [3.05, 3.63) is 0 Å². The molecule has 0 saturated carbocycles. The molecule has 0 unspecified atom stereocenters. The Morgan fingerprint density at radius 2 is 2.56 bits per heavy atom. The molecule has 1 saturated heterocycles. The SMILES string of the molecule is CN1CCNC[C@H]1CF. The van der Waals surface area contributed by atoms with Gasteiger partial charge in [-0.25, -0.2) is 4.39 Å². The molecule has 0 radical (unpaired) electrons. The van der Waals surface area contributed by atoms with E-state index < -0.39 is 0 Å². The molecule has 0 aliphatic carbocycles. The van der Waals surface area contributed by atoms with Gasteiger partial charge in [0.2, 0.25) is 0 Å². The maximum absolute atomic E-state index is 12.0. The van der Waals surface area contributed by atoms with E-state index in [1.54, 1.807) is 0 Å². The Kier molecular flexibility index (Phi) is 2.42.